The van der Waals surface area contributed by atoms with Crippen molar-refractivity contribution < 1.29 is 4.79 Å². The summed E-state index contributed by atoms with van der Waals surface area (Å²) in [6.45, 7) is 6.13. The molecule has 0 saturated heterocycles. The molecule has 2 aromatic rings. The zero-order valence-electron chi connectivity index (χ0n) is 12.4. The quantitative estimate of drug-likeness (QED) is 0.889. The van der Waals surface area contributed by atoms with Gasteiger partial charge in [-0.15, -0.1) is 11.3 Å². The van der Waals surface area contributed by atoms with Crippen molar-refractivity contribution in [2.24, 2.45) is 0 Å². The van der Waals surface area contributed by atoms with Crippen molar-refractivity contribution >= 4 is 28.8 Å². The topological polar surface area (TPSA) is 42.0 Å². The molecule has 0 aliphatic carbocycles. The molecule has 1 atom stereocenters. The van der Waals surface area contributed by atoms with Crippen LogP contribution in [0.1, 0.15) is 49.0 Å². The number of benzene rings is 1. The largest absolute Gasteiger partial charge is 0.349 e. The molecule has 0 spiro atoms. The first-order valence-electron chi connectivity index (χ1n) is 6.95. The average Bonchev–Trinajstić information content (AvgIpc) is 2.87. The number of aromatic nitrogens is 1. The van der Waals surface area contributed by atoms with Crippen LogP contribution in [0.25, 0.3) is 0 Å². The van der Waals surface area contributed by atoms with Crippen molar-refractivity contribution in [1.29, 1.82) is 0 Å². The van der Waals surface area contributed by atoms with Crippen LogP contribution < -0.4 is 5.32 Å². The number of hydrogen-bond donors (Lipinski definition) is 1. The third-order valence-corrected chi connectivity index (χ3v) is 4.69. The van der Waals surface area contributed by atoms with Gasteiger partial charge in [-0.3, -0.25) is 4.79 Å². The molecule has 0 aliphatic rings. The fourth-order valence-corrected chi connectivity index (χ4v) is 3.16. The van der Waals surface area contributed by atoms with Gasteiger partial charge in [-0.1, -0.05) is 43.6 Å². The Labute approximate surface area is 134 Å². The molecule has 0 aliphatic heterocycles. The number of nitrogens with zero attached hydrogens (tertiary/aromatic N) is 1. The highest BCUT2D eigenvalue weighted by molar-refractivity contribution is 7.09. The van der Waals surface area contributed by atoms with Crippen LogP contribution in [0.3, 0.4) is 0 Å². The molecular formula is C16H19ClN2OS. The van der Waals surface area contributed by atoms with Crippen LogP contribution in [0.15, 0.2) is 29.6 Å². The minimum atomic E-state index is -0.116. The van der Waals surface area contributed by atoms with Crippen molar-refractivity contribution in [1.82, 2.24) is 10.3 Å². The monoisotopic (exact) mass is 322 g/mol. The van der Waals surface area contributed by atoms with Gasteiger partial charge in [-0.05, 0) is 18.6 Å². The summed E-state index contributed by atoms with van der Waals surface area (Å²) >= 11 is 7.74. The number of thiazole rings is 1. The van der Waals surface area contributed by atoms with Crippen LogP contribution in [-0.2, 0) is 11.2 Å². The summed E-state index contributed by atoms with van der Waals surface area (Å²) in [6.07, 6.45) is 0.304. The lowest BCUT2D eigenvalue weighted by atomic mass is 10.1. The van der Waals surface area contributed by atoms with E-state index in [0.29, 0.717) is 17.4 Å². The average molecular weight is 323 g/mol. The number of nitrogens with one attached hydrogen (secondary N) is 1. The fourth-order valence-electron chi connectivity index (χ4n) is 2.03. The summed E-state index contributed by atoms with van der Waals surface area (Å²) < 4.78 is 0. The lowest BCUT2D eigenvalue weighted by molar-refractivity contribution is -0.121. The number of halogens is 1. The van der Waals surface area contributed by atoms with Crippen LogP contribution in [0, 0.1) is 0 Å². The van der Waals surface area contributed by atoms with Gasteiger partial charge in [0.1, 0.15) is 0 Å². The highest BCUT2D eigenvalue weighted by Crippen LogP contribution is 2.23. The Bertz CT molecular complexity index is 624. The Morgan fingerprint density at radius 2 is 2.05 bits per heavy atom. The lowest BCUT2D eigenvalue weighted by Crippen LogP contribution is -2.28. The van der Waals surface area contributed by atoms with Gasteiger partial charge in [0.25, 0.3) is 0 Å². The molecule has 21 heavy (non-hydrogen) atoms. The molecule has 2 rings (SSSR count). The predicted molar refractivity (Wildman–Crippen MR) is 87.9 cm³/mol. The standard InChI is InChI=1S/C16H19ClN2OS/c1-10(2)16-19-12(9-21-16)8-15(20)18-11(3)13-6-4-5-7-14(13)17/h4-7,9-11H,8H2,1-3H3,(H,18,20). The van der Waals surface area contributed by atoms with Crippen molar-refractivity contribution in [3.63, 3.8) is 0 Å². The summed E-state index contributed by atoms with van der Waals surface area (Å²) in [5, 5.41) is 6.65. The van der Waals surface area contributed by atoms with Gasteiger partial charge >= 0.3 is 0 Å². The third-order valence-electron chi connectivity index (χ3n) is 3.15. The second kappa shape index (κ2) is 7.05. The summed E-state index contributed by atoms with van der Waals surface area (Å²) in [5.74, 6) is 0.358. The first kappa shape index (κ1) is 16.0. The van der Waals surface area contributed by atoms with Crippen LogP contribution in [-0.4, -0.2) is 10.9 Å². The first-order valence-corrected chi connectivity index (χ1v) is 8.21. The Morgan fingerprint density at radius 3 is 2.67 bits per heavy atom. The molecule has 0 radical (unpaired) electrons. The van der Waals surface area contributed by atoms with Crippen molar-refractivity contribution in [2.45, 2.75) is 39.2 Å². The third kappa shape index (κ3) is 4.29. The first-order chi connectivity index (χ1) is 9.97. The Morgan fingerprint density at radius 1 is 1.33 bits per heavy atom. The molecular weight excluding hydrogens is 304 g/mol. The zero-order valence-corrected chi connectivity index (χ0v) is 14.0. The molecule has 0 fully saturated rings. The Kier molecular flexibility index (Phi) is 5.37. The van der Waals surface area contributed by atoms with E-state index in [1.165, 1.54) is 0 Å². The summed E-state index contributed by atoms with van der Waals surface area (Å²) in [4.78, 5) is 16.6. The van der Waals surface area contributed by atoms with E-state index in [9.17, 15) is 4.79 Å². The highest BCUT2D eigenvalue weighted by atomic mass is 35.5. The summed E-state index contributed by atoms with van der Waals surface area (Å²) in [5.41, 5.74) is 1.75. The van der Waals surface area contributed by atoms with E-state index in [1.807, 2.05) is 36.6 Å². The molecule has 112 valence electrons. The molecule has 5 heteroatoms. The minimum absolute atomic E-state index is 0.0389. The van der Waals surface area contributed by atoms with Crippen molar-refractivity contribution in [2.75, 3.05) is 0 Å². The number of hydrogen-bond acceptors (Lipinski definition) is 3. The van der Waals surface area contributed by atoms with E-state index in [-0.39, 0.29) is 11.9 Å². The smallest absolute Gasteiger partial charge is 0.226 e. The van der Waals surface area contributed by atoms with E-state index in [1.54, 1.807) is 11.3 Å². The SMILES string of the molecule is CC(C)c1nc(CC(=O)NC(C)c2ccccc2Cl)cs1. The van der Waals surface area contributed by atoms with Gasteiger partial charge in [0.2, 0.25) is 5.91 Å². The van der Waals surface area contributed by atoms with Crippen molar-refractivity contribution in [3.05, 3.63) is 50.9 Å². The maximum absolute atomic E-state index is 12.1. The molecule has 1 aromatic carbocycles. The van der Waals surface area contributed by atoms with E-state index in [4.69, 9.17) is 11.6 Å². The highest BCUT2D eigenvalue weighted by Gasteiger charge is 2.14. The zero-order chi connectivity index (χ0) is 15.4. The van der Waals surface area contributed by atoms with Gasteiger partial charge < -0.3 is 5.32 Å². The molecule has 1 heterocycles. The van der Waals surface area contributed by atoms with Gasteiger partial charge in [0, 0.05) is 16.3 Å². The fraction of sp³-hybridized carbons (Fsp3) is 0.375. The number of carbonyl (C=O) groups is 1. The van der Waals surface area contributed by atoms with E-state index in [0.717, 1.165) is 16.3 Å². The summed E-state index contributed by atoms with van der Waals surface area (Å²) in [6, 6.07) is 7.43. The number of carbonyl (C=O) groups excluding carboxylic acids is 1. The number of amides is 1. The predicted octanol–water partition coefficient (Wildman–Crippen LogP) is 4.34. The maximum atomic E-state index is 12.1. The van der Waals surface area contributed by atoms with Crippen LogP contribution >= 0.6 is 22.9 Å². The van der Waals surface area contributed by atoms with Crippen LogP contribution in [0.4, 0.5) is 0 Å². The normalized spacial score (nSPS) is 12.4. The molecule has 0 saturated carbocycles. The van der Waals surface area contributed by atoms with Crippen LogP contribution in [0.2, 0.25) is 5.02 Å². The van der Waals surface area contributed by atoms with E-state index >= 15 is 0 Å². The van der Waals surface area contributed by atoms with Crippen molar-refractivity contribution in [3.8, 4) is 0 Å². The molecule has 1 aromatic heterocycles. The Balaban J connectivity index is 1.96. The van der Waals surface area contributed by atoms with Gasteiger partial charge in [-0.25, -0.2) is 4.98 Å². The Hall–Kier alpha value is -1.39. The lowest BCUT2D eigenvalue weighted by Gasteiger charge is -2.15. The van der Waals surface area contributed by atoms with E-state index < -0.39 is 0 Å². The number of rotatable bonds is 5. The molecule has 3 nitrogen and oxygen atoms in total. The van der Waals surface area contributed by atoms with Gasteiger partial charge in [0.15, 0.2) is 0 Å². The second-order valence-corrected chi connectivity index (χ2v) is 6.62. The molecule has 0 bridgehead atoms. The van der Waals surface area contributed by atoms with Crippen LogP contribution in [0.5, 0.6) is 0 Å². The molecule has 1 unspecified atom stereocenters. The second-order valence-electron chi connectivity index (χ2n) is 5.32. The molecule has 1 N–H and O–H groups in total. The summed E-state index contributed by atoms with van der Waals surface area (Å²) in [7, 11) is 0. The van der Waals surface area contributed by atoms with Gasteiger partial charge in [0.05, 0.1) is 23.2 Å². The minimum Gasteiger partial charge on any atom is -0.349 e. The molecule has 1 amide bonds. The maximum Gasteiger partial charge on any atom is 0.226 e. The van der Waals surface area contributed by atoms with Gasteiger partial charge in [-0.2, -0.15) is 0 Å². The van der Waals surface area contributed by atoms with E-state index in [2.05, 4.69) is 24.1 Å².